The van der Waals surface area contributed by atoms with Crippen molar-refractivity contribution in [3.05, 3.63) is 35.4 Å². The summed E-state index contributed by atoms with van der Waals surface area (Å²) in [6.45, 7) is 10.5. The summed E-state index contributed by atoms with van der Waals surface area (Å²) in [6, 6.07) is 8.94. The molecule has 1 aromatic rings. The first-order valence-electron chi connectivity index (χ1n) is 7.82. The molecule has 0 bridgehead atoms. The Hall–Kier alpha value is -0.710. The number of nitrogens with zero attached hydrogens (tertiary/aromatic N) is 1. The van der Waals surface area contributed by atoms with Gasteiger partial charge in [-0.05, 0) is 44.9 Å². The molecule has 0 radical (unpaired) electrons. The van der Waals surface area contributed by atoms with Crippen molar-refractivity contribution in [3.8, 4) is 0 Å². The molecule has 1 N–H and O–H groups in total. The van der Waals surface area contributed by atoms with Gasteiger partial charge in [-0.1, -0.05) is 24.3 Å². The molecule has 0 atom stereocenters. The van der Waals surface area contributed by atoms with E-state index in [1.807, 2.05) is 0 Å². The maximum Gasteiger partial charge on any atom is 0.0363 e. The maximum absolute atomic E-state index is 11.4. The monoisotopic (exact) mass is 308 g/mol. The highest BCUT2D eigenvalue weighted by Gasteiger charge is 2.15. The Balaban J connectivity index is 1.77. The van der Waals surface area contributed by atoms with E-state index in [2.05, 4.69) is 55.3 Å². The Morgan fingerprint density at radius 2 is 1.67 bits per heavy atom. The third kappa shape index (κ3) is 6.29. The number of hydrogen-bond donors (Lipinski definition) is 1. The molecule has 0 aromatic heterocycles. The Morgan fingerprint density at radius 1 is 1.10 bits per heavy atom. The molecule has 3 nitrogen and oxygen atoms in total. The highest BCUT2D eigenvalue weighted by molar-refractivity contribution is 7.85. The molecule has 21 heavy (non-hydrogen) atoms. The lowest BCUT2D eigenvalue weighted by molar-refractivity contribution is 0.291. The molecule has 4 heteroatoms. The number of benzene rings is 1. The molecule has 0 saturated carbocycles. The summed E-state index contributed by atoms with van der Waals surface area (Å²) in [5, 5.41) is 3.52. The van der Waals surface area contributed by atoms with Crippen molar-refractivity contribution in [1.29, 1.82) is 0 Å². The van der Waals surface area contributed by atoms with Gasteiger partial charge in [0.05, 0.1) is 0 Å². The quantitative estimate of drug-likeness (QED) is 0.905. The van der Waals surface area contributed by atoms with Crippen molar-refractivity contribution in [1.82, 2.24) is 10.2 Å². The largest absolute Gasteiger partial charge is 0.312 e. The summed E-state index contributed by atoms with van der Waals surface area (Å²) in [4.78, 5) is 2.40. The van der Waals surface area contributed by atoms with Crippen molar-refractivity contribution in [2.24, 2.45) is 0 Å². The van der Waals surface area contributed by atoms with Crippen LogP contribution in [0.5, 0.6) is 0 Å². The molecule has 0 spiro atoms. The molecule has 1 aliphatic heterocycles. The molecule has 0 unspecified atom stereocenters. The predicted octanol–water partition coefficient (Wildman–Crippen LogP) is 2.18. The fourth-order valence-electron chi connectivity index (χ4n) is 2.49. The van der Waals surface area contributed by atoms with Crippen LogP contribution in [0, 0.1) is 0 Å². The first kappa shape index (κ1) is 16.7. The predicted molar refractivity (Wildman–Crippen MR) is 91.1 cm³/mol. The second-order valence-electron chi connectivity index (χ2n) is 6.87. The zero-order valence-corrected chi connectivity index (χ0v) is 14.3. The van der Waals surface area contributed by atoms with E-state index >= 15 is 0 Å². The van der Waals surface area contributed by atoms with E-state index in [-0.39, 0.29) is 5.54 Å². The van der Waals surface area contributed by atoms with Crippen LogP contribution < -0.4 is 5.32 Å². The highest BCUT2D eigenvalue weighted by atomic mass is 32.2. The summed E-state index contributed by atoms with van der Waals surface area (Å²) in [7, 11) is -0.582. The van der Waals surface area contributed by atoms with Gasteiger partial charge in [-0.25, -0.2) is 0 Å². The van der Waals surface area contributed by atoms with Crippen LogP contribution in [0.25, 0.3) is 0 Å². The van der Waals surface area contributed by atoms with Gasteiger partial charge in [-0.3, -0.25) is 9.11 Å². The Kier molecular flexibility index (Phi) is 5.97. The van der Waals surface area contributed by atoms with Crippen LogP contribution in [-0.4, -0.2) is 45.8 Å². The van der Waals surface area contributed by atoms with Crippen LogP contribution in [0.3, 0.4) is 0 Å². The summed E-state index contributed by atoms with van der Waals surface area (Å²) in [5.74, 6) is 1.66. The lowest BCUT2D eigenvalue weighted by Crippen LogP contribution is -2.37. The maximum atomic E-state index is 11.4. The normalized spacial score (nSPS) is 18.0. The van der Waals surface area contributed by atoms with E-state index in [0.29, 0.717) is 0 Å². The Morgan fingerprint density at radius 3 is 2.24 bits per heavy atom. The van der Waals surface area contributed by atoms with E-state index < -0.39 is 10.8 Å². The molecule has 1 heterocycles. The molecular formula is C17H28N2OS. The van der Waals surface area contributed by atoms with Crippen molar-refractivity contribution < 1.29 is 4.21 Å². The standard InChI is InChI=1S/C17H28N2OS/c1-17(2,3)18-9-8-15-4-6-16(7-5-15)14-19-10-12-21(20)13-11-19/h4-7,18H,8-14H2,1-3H3. The minimum absolute atomic E-state index is 0.189. The number of rotatable bonds is 5. The summed E-state index contributed by atoms with van der Waals surface area (Å²) in [6.07, 6.45) is 1.07. The summed E-state index contributed by atoms with van der Waals surface area (Å²) in [5.41, 5.74) is 2.93. The zero-order valence-electron chi connectivity index (χ0n) is 13.5. The minimum Gasteiger partial charge on any atom is -0.312 e. The van der Waals surface area contributed by atoms with Gasteiger partial charge >= 0.3 is 0 Å². The van der Waals surface area contributed by atoms with Crippen molar-refractivity contribution in [3.63, 3.8) is 0 Å². The number of nitrogens with one attached hydrogen (secondary N) is 1. The van der Waals surface area contributed by atoms with Crippen LogP contribution in [0.1, 0.15) is 31.9 Å². The van der Waals surface area contributed by atoms with Gasteiger partial charge in [0, 0.05) is 47.5 Å². The smallest absolute Gasteiger partial charge is 0.0363 e. The molecule has 118 valence electrons. The molecule has 0 amide bonds. The van der Waals surface area contributed by atoms with Gasteiger partial charge in [-0.15, -0.1) is 0 Å². The van der Waals surface area contributed by atoms with Gasteiger partial charge in [0.1, 0.15) is 0 Å². The van der Waals surface area contributed by atoms with Crippen LogP contribution in [-0.2, 0) is 23.8 Å². The minimum atomic E-state index is -0.582. The molecule has 1 aromatic carbocycles. The molecule has 0 aliphatic carbocycles. The topological polar surface area (TPSA) is 32.3 Å². The van der Waals surface area contributed by atoms with E-state index in [9.17, 15) is 4.21 Å². The van der Waals surface area contributed by atoms with Crippen molar-refractivity contribution in [2.45, 2.75) is 39.3 Å². The van der Waals surface area contributed by atoms with Gasteiger partial charge in [0.25, 0.3) is 0 Å². The SMILES string of the molecule is CC(C)(C)NCCc1ccc(CN2CCS(=O)CC2)cc1. The Bertz CT molecular complexity index is 455. The average molecular weight is 308 g/mol. The van der Waals surface area contributed by atoms with Gasteiger partial charge in [0.15, 0.2) is 0 Å². The second kappa shape index (κ2) is 7.52. The van der Waals surface area contributed by atoms with Crippen LogP contribution in [0.15, 0.2) is 24.3 Å². The number of hydrogen-bond acceptors (Lipinski definition) is 3. The first-order valence-corrected chi connectivity index (χ1v) is 9.31. The lowest BCUT2D eigenvalue weighted by Gasteiger charge is -2.26. The van der Waals surface area contributed by atoms with Crippen LogP contribution in [0.2, 0.25) is 0 Å². The average Bonchev–Trinajstić information content (AvgIpc) is 2.42. The molecule has 2 rings (SSSR count). The fraction of sp³-hybridized carbons (Fsp3) is 0.647. The fourth-order valence-corrected chi connectivity index (χ4v) is 3.61. The molecule has 1 saturated heterocycles. The van der Waals surface area contributed by atoms with Gasteiger partial charge < -0.3 is 5.32 Å². The highest BCUT2D eigenvalue weighted by Crippen LogP contribution is 2.10. The first-order chi connectivity index (χ1) is 9.92. The van der Waals surface area contributed by atoms with E-state index in [0.717, 1.165) is 44.1 Å². The third-order valence-electron chi connectivity index (χ3n) is 3.77. The zero-order chi connectivity index (χ0) is 15.3. The molecule has 1 aliphatic rings. The summed E-state index contributed by atoms with van der Waals surface area (Å²) < 4.78 is 11.4. The molecular weight excluding hydrogens is 280 g/mol. The van der Waals surface area contributed by atoms with Crippen molar-refractivity contribution in [2.75, 3.05) is 31.1 Å². The third-order valence-corrected chi connectivity index (χ3v) is 5.04. The summed E-state index contributed by atoms with van der Waals surface area (Å²) >= 11 is 0. The van der Waals surface area contributed by atoms with E-state index in [1.54, 1.807) is 0 Å². The van der Waals surface area contributed by atoms with Gasteiger partial charge in [0.2, 0.25) is 0 Å². The van der Waals surface area contributed by atoms with Crippen molar-refractivity contribution >= 4 is 10.8 Å². The van der Waals surface area contributed by atoms with E-state index in [1.165, 1.54) is 11.1 Å². The Labute approximate surface area is 131 Å². The van der Waals surface area contributed by atoms with Crippen LogP contribution in [0.4, 0.5) is 0 Å². The van der Waals surface area contributed by atoms with Crippen LogP contribution >= 0.6 is 0 Å². The lowest BCUT2D eigenvalue weighted by atomic mass is 10.1. The second-order valence-corrected chi connectivity index (χ2v) is 8.56. The van der Waals surface area contributed by atoms with E-state index in [4.69, 9.17) is 0 Å². The van der Waals surface area contributed by atoms with Gasteiger partial charge in [-0.2, -0.15) is 0 Å². The molecule has 1 fully saturated rings.